The summed E-state index contributed by atoms with van der Waals surface area (Å²) < 4.78 is 0. The van der Waals surface area contributed by atoms with Gasteiger partial charge in [-0.2, -0.15) is 0 Å². The fourth-order valence-electron chi connectivity index (χ4n) is 2.85. The highest BCUT2D eigenvalue weighted by Crippen LogP contribution is 2.47. The molecule has 0 spiro atoms. The zero-order valence-electron chi connectivity index (χ0n) is 10.9. The van der Waals surface area contributed by atoms with Crippen LogP contribution in [0.1, 0.15) is 39.0 Å². The fraction of sp³-hybridized carbons (Fsp3) is 0.846. The molecule has 0 radical (unpaired) electrons. The molecule has 102 valence electrons. The molecular weight excluding hydrogens is 232 g/mol. The number of aliphatic carboxylic acids is 1. The van der Waals surface area contributed by atoms with Crippen molar-refractivity contribution in [2.24, 2.45) is 16.6 Å². The predicted octanol–water partition coefficient (Wildman–Crippen LogP) is 0.829. The maximum atomic E-state index is 12.3. The highest BCUT2D eigenvalue weighted by Gasteiger charge is 2.52. The third-order valence-electron chi connectivity index (χ3n) is 4.84. The van der Waals surface area contributed by atoms with E-state index in [0.29, 0.717) is 38.9 Å². The first-order chi connectivity index (χ1) is 8.49. The second kappa shape index (κ2) is 4.53. The largest absolute Gasteiger partial charge is 0.481 e. The van der Waals surface area contributed by atoms with E-state index in [1.807, 2.05) is 11.8 Å². The van der Waals surface area contributed by atoms with E-state index in [1.54, 1.807) is 0 Å². The molecule has 0 bridgehead atoms. The third-order valence-corrected chi connectivity index (χ3v) is 4.84. The molecule has 0 aromatic rings. The number of likely N-dealkylation sites (tertiary alicyclic amines) is 1. The lowest BCUT2D eigenvalue weighted by atomic mass is 9.76. The SMILES string of the molecule is CCC1(C(=O)O)CCN(C(=O)C2(CN)CC2)CC1. The monoisotopic (exact) mass is 254 g/mol. The number of nitrogens with two attached hydrogens (primary N) is 1. The number of piperidine rings is 1. The van der Waals surface area contributed by atoms with Crippen molar-refractivity contribution in [1.82, 2.24) is 4.90 Å². The number of carboxylic acids is 1. The lowest BCUT2D eigenvalue weighted by Gasteiger charge is -2.39. The molecule has 1 heterocycles. The quantitative estimate of drug-likeness (QED) is 0.778. The molecule has 18 heavy (non-hydrogen) atoms. The van der Waals surface area contributed by atoms with Gasteiger partial charge >= 0.3 is 5.97 Å². The van der Waals surface area contributed by atoms with E-state index in [0.717, 1.165) is 12.8 Å². The first-order valence-corrected chi connectivity index (χ1v) is 6.72. The summed E-state index contributed by atoms with van der Waals surface area (Å²) in [7, 11) is 0. The molecule has 1 saturated carbocycles. The Labute approximate surface area is 107 Å². The van der Waals surface area contributed by atoms with Crippen molar-refractivity contribution < 1.29 is 14.7 Å². The minimum Gasteiger partial charge on any atom is -0.481 e. The van der Waals surface area contributed by atoms with Gasteiger partial charge in [-0.15, -0.1) is 0 Å². The molecule has 0 unspecified atom stereocenters. The molecule has 5 heteroatoms. The van der Waals surface area contributed by atoms with Crippen molar-refractivity contribution in [3.05, 3.63) is 0 Å². The number of carbonyl (C=O) groups excluding carboxylic acids is 1. The van der Waals surface area contributed by atoms with Crippen LogP contribution in [0.2, 0.25) is 0 Å². The van der Waals surface area contributed by atoms with Gasteiger partial charge in [0.15, 0.2) is 0 Å². The van der Waals surface area contributed by atoms with Gasteiger partial charge in [-0.25, -0.2) is 0 Å². The van der Waals surface area contributed by atoms with E-state index in [4.69, 9.17) is 5.73 Å². The standard InChI is InChI=1S/C13H22N2O3/c1-2-12(11(17)18)5-7-15(8-6-12)10(16)13(9-14)3-4-13/h2-9,14H2,1H3,(H,17,18). The molecule has 0 aromatic heterocycles. The van der Waals surface area contributed by atoms with Gasteiger partial charge in [-0.1, -0.05) is 6.92 Å². The second-order valence-corrected chi connectivity index (χ2v) is 5.72. The highest BCUT2D eigenvalue weighted by molar-refractivity contribution is 5.86. The van der Waals surface area contributed by atoms with Crippen molar-refractivity contribution in [1.29, 1.82) is 0 Å². The summed E-state index contributed by atoms with van der Waals surface area (Å²) in [5.74, 6) is -0.586. The summed E-state index contributed by atoms with van der Waals surface area (Å²) in [6.45, 7) is 3.44. The van der Waals surface area contributed by atoms with E-state index in [1.165, 1.54) is 0 Å². The molecule has 0 aromatic carbocycles. The van der Waals surface area contributed by atoms with E-state index < -0.39 is 11.4 Å². The van der Waals surface area contributed by atoms with Crippen LogP contribution in [0.15, 0.2) is 0 Å². The maximum Gasteiger partial charge on any atom is 0.309 e. The predicted molar refractivity (Wildman–Crippen MR) is 66.9 cm³/mol. The van der Waals surface area contributed by atoms with Crippen molar-refractivity contribution in [3.63, 3.8) is 0 Å². The Kier molecular flexibility index (Phi) is 3.36. The molecule has 2 rings (SSSR count). The van der Waals surface area contributed by atoms with Gasteiger partial charge in [0.25, 0.3) is 0 Å². The zero-order chi connectivity index (χ0) is 13.4. The zero-order valence-corrected chi connectivity index (χ0v) is 10.9. The van der Waals surface area contributed by atoms with Crippen molar-refractivity contribution in [3.8, 4) is 0 Å². The van der Waals surface area contributed by atoms with Crippen molar-refractivity contribution in [2.45, 2.75) is 39.0 Å². The smallest absolute Gasteiger partial charge is 0.309 e. The molecule has 0 atom stereocenters. The summed E-state index contributed by atoms with van der Waals surface area (Å²) in [6.07, 6.45) is 3.52. The fourth-order valence-corrected chi connectivity index (χ4v) is 2.85. The van der Waals surface area contributed by atoms with Crippen molar-refractivity contribution in [2.75, 3.05) is 19.6 Å². The van der Waals surface area contributed by atoms with E-state index in [-0.39, 0.29) is 11.3 Å². The highest BCUT2D eigenvalue weighted by atomic mass is 16.4. The van der Waals surface area contributed by atoms with Gasteiger partial charge in [0.05, 0.1) is 10.8 Å². The summed E-state index contributed by atoms with van der Waals surface area (Å²) >= 11 is 0. The minimum absolute atomic E-state index is 0.139. The topological polar surface area (TPSA) is 83.6 Å². The van der Waals surface area contributed by atoms with Crippen molar-refractivity contribution >= 4 is 11.9 Å². The lowest BCUT2D eigenvalue weighted by molar-refractivity contribution is -0.155. The van der Waals surface area contributed by atoms with Gasteiger partial charge in [0.1, 0.15) is 0 Å². The van der Waals surface area contributed by atoms with Crippen LogP contribution in [-0.4, -0.2) is 41.5 Å². The Morgan fingerprint density at radius 2 is 1.72 bits per heavy atom. The Bertz CT molecular complexity index is 355. The van der Waals surface area contributed by atoms with E-state index in [2.05, 4.69) is 0 Å². The Morgan fingerprint density at radius 1 is 1.17 bits per heavy atom. The number of hydrogen-bond donors (Lipinski definition) is 2. The van der Waals surface area contributed by atoms with Crippen LogP contribution < -0.4 is 5.73 Å². The molecule has 1 aliphatic carbocycles. The number of carboxylic acid groups (broad SMARTS) is 1. The lowest BCUT2D eigenvalue weighted by Crippen LogP contribution is -2.49. The van der Waals surface area contributed by atoms with Gasteiger partial charge in [-0.3, -0.25) is 9.59 Å². The average Bonchev–Trinajstić information content (AvgIpc) is 3.19. The molecule has 5 nitrogen and oxygen atoms in total. The molecule has 1 aliphatic heterocycles. The molecule has 1 saturated heterocycles. The Morgan fingerprint density at radius 3 is 2.06 bits per heavy atom. The summed E-state index contributed by atoms with van der Waals surface area (Å²) in [6, 6.07) is 0. The molecule has 1 amide bonds. The summed E-state index contributed by atoms with van der Waals surface area (Å²) in [5, 5.41) is 9.31. The number of hydrogen-bond acceptors (Lipinski definition) is 3. The molecule has 2 fully saturated rings. The van der Waals surface area contributed by atoms with Gasteiger partial charge in [0.2, 0.25) is 5.91 Å². The number of carbonyl (C=O) groups is 2. The normalized spacial score (nSPS) is 24.7. The molecule has 2 aliphatic rings. The number of nitrogens with zero attached hydrogens (tertiary/aromatic N) is 1. The van der Waals surface area contributed by atoms with Crippen LogP contribution in [0.25, 0.3) is 0 Å². The van der Waals surface area contributed by atoms with Crippen LogP contribution >= 0.6 is 0 Å². The van der Waals surface area contributed by atoms with E-state index >= 15 is 0 Å². The Hall–Kier alpha value is -1.10. The van der Waals surface area contributed by atoms with Crippen LogP contribution in [0.5, 0.6) is 0 Å². The van der Waals surface area contributed by atoms with Gasteiger partial charge in [0, 0.05) is 19.6 Å². The summed E-state index contributed by atoms with van der Waals surface area (Å²) in [5.41, 5.74) is 4.72. The molecular formula is C13H22N2O3. The van der Waals surface area contributed by atoms with Crippen LogP contribution in [0.4, 0.5) is 0 Å². The average molecular weight is 254 g/mol. The summed E-state index contributed by atoms with van der Waals surface area (Å²) in [4.78, 5) is 25.4. The minimum atomic E-state index is -0.725. The van der Waals surface area contributed by atoms with Gasteiger partial charge in [-0.05, 0) is 32.1 Å². The van der Waals surface area contributed by atoms with Crippen LogP contribution in [0.3, 0.4) is 0 Å². The molecule has 3 N–H and O–H groups in total. The second-order valence-electron chi connectivity index (χ2n) is 5.72. The number of rotatable bonds is 4. The third kappa shape index (κ3) is 2.00. The van der Waals surface area contributed by atoms with E-state index in [9.17, 15) is 14.7 Å². The first kappa shape index (κ1) is 13.3. The van der Waals surface area contributed by atoms with Crippen LogP contribution in [-0.2, 0) is 9.59 Å². The van der Waals surface area contributed by atoms with Crippen LogP contribution in [0, 0.1) is 10.8 Å². The first-order valence-electron chi connectivity index (χ1n) is 6.72. The Balaban J connectivity index is 1.98. The van der Waals surface area contributed by atoms with Gasteiger partial charge < -0.3 is 15.7 Å². The maximum absolute atomic E-state index is 12.3. The number of amides is 1.